The van der Waals surface area contributed by atoms with Gasteiger partial charge in [-0.2, -0.15) is 0 Å². The molecule has 0 aliphatic rings. The molecule has 0 spiro atoms. The minimum atomic E-state index is -0.169. The van der Waals surface area contributed by atoms with Gasteiger partial charge in [-0.25, -0.2) is 0 Å². The van der Waals surface area contributed by atoms with Gasteiger partial charge in [0.2, 0.25) is 0 Å². The summed E-state index contributed by atoms with van der Waals surface area (Å²) in [5, 5.41) is 2.74. The van der Waals surface area contributed by atoms with E-state index in [9.17, 15) is 4.79 Å². The van der Waals surface area contributed by atoms with Gasteiger partial charge in [-0.15, -0.1) is 0 Å². The first kappa shape index (κ1) is 12.4. The lowest BCUT2D eigenvalue weighted by Gasteiger charge is -2.11. The zero-order valence-electron chi connectivity index (χ0n) is 9.58. The van der Waals surface area contributed by atoms with Gasteiger partial charge in [-0.1, -0.05) is 18.7 Å². The van der Waals surface area contributed by atoms with Gasteiger partial charge in [0.1, 0.15) is 0 Å². The van der Waals surface area contributed by atoms with Crippen molar-refractivity contribution in [3.05, 3.63) is 42.0 Å². The smallest absolute Gasteiger partial charge is 0.250 e. The zero-order chi connectivity index (χ0) is 12.1. The van der Waals surface area contributed by atoms with Crippen molar-refractivity contribution in [2.24, 2.45) is 5.84 Å². The molecule has 1 rings (SSSR count). The Morgan fingerprint density at radius 3 is 2.38 bits per heavy atom. The van der Waals surface area contributed by atoms with Gasteiger partial charge >= 0.3 is 0 Å². The fourth-order valence-electron chi connectivity index (χ4n) is 1.19. The molecule has 0 bridgehead atoms. The van der Waals surface area contributed by atoms with Gasteiger partial charge in [0.15, 0.2) is 0 Å². The van der Waals surface area contributed by atoms with Crippen molar-refractivity contribution in [3.63, 3.8) is 0 Å². The quantitative estimate of drug-likeness (QED) is 0.410. The lowest BCUT2D eigenvalue weighted by Crippen LogP contribution is -2.25. The Morgan fingerprint density at radius 2 is 1.94 bits per heavy atom. The van der Waals surface area contributed by atoms with Crippen LogP contribution in [0.5, 0.6) is 0 Å². The Balaban J connectivity index is 2.72. The number of hydrogen-bond donors (Lipinski definition) is 3. The van der Waals surface area contributed by atoms with E-state index in [2.05, 4.69) is 17.3 Å². The second-order valence-electron chi connectivity index (χ2n) is 3.74. The van der Waals surface area contributed by atoms with Crippen LogP contribution in [-0.2, 0) is 4.79 Å². The molecule has 0 fully saturated rings. The summed E-state index contributed by atoms with van der Waals surface area (Å²) < 4.78 is 0. The summed E-state index contributed by atoms with van der Waals surface area (Å²) in [5.41, 5.74) is 4.96. The average Bonchev–Trinajstić information content (AvgIpc) is 2.28. The van der Waals surface area contributed by atoms with E-state index in [0.717, 1.165) is 11.3 Å². The first-order valence-corrected chi connectivity index (χ1v) is 5.07. The summed E-state index contributed by atoms with van der Waals surface area (Å²) in [6.07, 6.45) is 0. The highest BCUT2D eigenvalue weighted by Gasteiger charge is 2.04. The maximum absolute atomic E-state index is 11.3. The number of amides is 1. The average molecular weight is 219 g/mol. The van der Waals surface area contributed by atoms with Gasteiger partial charge in [-0.3, -0.25) is 16.1 Å². The molecule has 1 aromatic carbocycles. The monoisotopic (exact) mass is 219 g/mol. The number of hydrogen-bond acceptors (Lipinski definition) is 3. The van der Waals surface area contributed by atoms with Crippen molar-refractivity contribution in [2.45, 2.75) is 19.9 Å². The van der Waals surface area contributed by atoms with Gasteiger partial charge in [0.25, 0.3) is 5.91 Å². The maximum atomic E-state index is 11.3. The van der Waals surface area contributed by atoms with E-state index in [1.165, 1.54) is 0 Å². The van der Waals surface area contributed by atoms with Crippen LogP contribution in [0.1, 0.15) is 25.5 Å². The molecule has 1 unspecified atom stereocenters. The second kappa shape index (κ2) is 5.44. The van der Waals surface area contributed by atoms with E-state index >= 15 is 0 Å². The Morgan fingerprint density at radius 1 is 1.38 bits per heavy atom. The van der Waals surface area contributed by atoms with Crippen LogP contribution in [0.4, 0.5) is 5.69 Å². The number of nitrogens with one attached hydrogen (secondary N) is 2. The molecule has 0 saturated carbocycles. The zero-order valence-corrected chi connectivity index (χ0v) is 9.58. The summed E-state index contributed by atoms with van der Waals surface area (Å²) in [6, 6.07) is 7.59. The van der Waals surface area contributed by atoms with Gasteiger partial charge in [0, 0.05) is 17.3 Å². The number of carbonyl (C=O) groups is 1. The van der Waals surface area contributed by atoms with Crippen LogP contribution in [-0.4, -0.2) is 5.91 Å². The number of anilines is 1. The molecule has 4 heteroatoms. The van der Waals surface area contributed by atoms with Crippen LogP contribution in [0.3, 0.4) is 0 Å². The van der Waals surface area contributed by atoms with E-state index in [0.29, 0.717) is 5.57 Å². The molecule has 1 aromatic rings. The number of benzene rings is 1. The number of carbonyl (C=O) groups excluding carboxylic acids is 1. The van der Waals surface area contributed by atoms with Crippen LogP contribution in [0.2, 0.25) is 0 Å². The molecule has 4 N–H and O–H groups in total. The van der Waals surface area contributed by atoms with Crippen LogP contribution in [0, 0.1) is 0 Å². The van der Waals surface area contributed by atoms with Gasteiger partial charge in [0.05, 0.1) is 0 Å². The van der Waals surface area contributed by atoms with E-state index < -0.39 is 0 Å². The van der Waals surface area contributed by atoms with Gasteiger partial charge < -0.3 is 5.32 Å². The first-order valence-electron chi connectivity index (χ1n) is 5.07. The highest BCUT2D eigenvalue weighted by atomic mass is 16.1. The van der Waals surface area contributed by atoms with Crippen molar-refractivity contribution in [1.29, 1.82) is 0 Å². The van der Waals surface area contributed by atoms with Crippen LogP contribution < -0.4 is 16.6 Å². The molecule has 0 radical (unpaired) electrons. The van der Waals surface area contributed by atoms with Crippen molar-refractivity contribution in [1.82, 2.24) is 5.43 Å². The van der Waals surface area contributed by atoms with E-state index in [1.54, 1.807) is 6.92 Å². The minimum Gasteiger partial charge on any atom is -0.322 e. The number of nitrogens with two attached hydrogens (primary N) is 1. The highest BCUT2D eigenvalue weighted by Crippen LogP contribution is 2.15. The third kappa shape index (κ3) is 3.18. The molecular weight excluding hydrogens is 202 g/mol. The predicted octanol–water partition coefficient (Wildman–Crippen LogP) is 1.73. The first-order chi connectivity index (χ1) is 7.54. The van der Waals surface area contributed by atoms with Crippen LogP contribution >= 0.6 is 0 Å². The molecule has 16 heavy (non-hydrogen) atoms. The van der Waals surface area contributed by atoms with Crippen molar-refractivity contribution in [2.75, 3.05) is 5.32 Å². The van der Waals surface area contributed by atoms with Crippen molar-refractivity contribution < 1.29 is 4.79 Å². The Labute approximate surface area is 95.5 Å². The number of hydrazine groups is 1. The summed E-state index contributed by atoms with van der Waals surface area (Å²) in [7, 11) is 0. The van der Waals surface area contributed by atoms with Crippen molar-refractivity contribution >= 4 is 11.6 Å². The maximum Gasteiger partial charge on any atom is 0.250 e. The van der Waals surface area contributed by atoms with Crippen LogP contribution in [0.15, 0.2) is 36.4 Å². The lowest BCUT2D eigenvalue weighted by atomic mass is 10.1. The van der Waals surface area contributed by atoms with Crippen LogP contribution in [0.25, 0.3) is 0 Å². The molecule has 0 aromatic heterocycles. The SMILES string of the molecule is C=C(C)C(=O)Nc1ccc(C(C)NN)cc1. The lowest BCUT2D eigenvalue weighted by molar-refractivity contribution is -0.112. The fraction of sp³-hybridized carbons (Fsp3) is 0.250. The van der Waals surface area contributed by atoms with E-state index in [-0.39, 0.29) is 11.9 Å². The number of rotatable bonds is 4. The van der Waals surface area contributed by atoms with E-state index in [4.69, 9.17) is 5.84 Å². The molecule has 1 atom stereocenters. The largest absolute Gasteiger partial charge is 0.322 e. The molecule has 1 amide bonds. The summed E-state index contributed by atoms with van der Waals surface area (Å²) in [4.78, 5) is 11.3. The Hall–Kier alpha value is -1.65. The van der Waals surface area contributed by atoms with E-state index in [1.807, 2.05) is 31.2 Å². The molecule has 0 aliphatic heterocycles. The molecule has 0 heterocycles. The molecular formula is C12H17N3O. The summed E-state index contributed by atoms with van der Waals surface area (Å²) in [5.74, 6) is 5.16. The molecule has 0 aliphatic carbocycles. The summed E-state index contributed by atoms with van der Waals surface area (Å²) >= 11 is 0. The summed E-state index contributed by atoms with van der Waals surface area (Å²) in [6.45, 7) is 7.20. The fourth-order valence-corrected chi connectivity index (χ4v) is 1.19. The van der Waals surface area contributed by atoms with Crippen molar-refractivity contribution in [3.8, 4) is 0 Å². The third-order valence-corrected chi connectivity index (χ3v) is 2.31. The normalized spacial score (nSPS) is 11.9. The Kier molecular flexibility index (Phi) is 4.22. The second-order valence-corrected chi connectivity index (χ2v) is 3.74. The predicted molar refractivity (Wildman–Crippen MR) is 65.6 cm³/mol. The standard InChI is InChI=1S/C12H17N3O/c1-8(2)12(16)14-11-6-4-10(5-7-11)9(3)15-13/h4-7,9,15H,1,13H2,2-3H3,(H,14,16). The van der Waals surface area contributed by atoms with Gasteiger partial charge in [-0.05, 0) is 31.5 Å². The molecule has 4 nitrogen and oxygen atoms in total. The Bertz CT molecular complexity index is 384. The third-order valence-electron chi connectivity index (χ3n) is 2.31. The topological polar surface area (TPSA) is 67.2 Å². The highest BCUT2D eigenvalue weighted by molar-refractivity contribution is 6.02. The molecule has 86 valence electrons. The minimum absolute atomic E-state index is 0.0888. The molecule has 0 saturated heterocycles.